The van der Waals surface area contributed by atoms with Crippen LogP contribution in [0.2, 0.25) is 0 Å². The summed E-state index contributed by atoms with van der Waals surface area (Å²) in [6.45, 7) is 6.70. The van der Waals surface area contributed by atoms with Crippen molar-refractivity contribution in [2.45, 2.75) is 31.8 Å². The lowest BCUT2D eigenvalue weighted by Crippen LogP contribution is -2.45. The number of hydrogen-bond acceptors (Lipinski definition) is 4. The molecule has 1 rings (SSSR count). The van der Waals surface area contributed by atoms with Crippen molar-refractivity contribution in [1.29, 1.82) is 0 Å². The SMILES string of the molecule is COCCN(CCC(N)(CO)c1ccccc1)C(C)C. The van der Waals surface area contributed by atoms with Crippen molar-refractivity contribution in [2.24, 2.45) is 5.73 Å². The normalized spacial score (nSPS) is 14.8. The Morgan fingerprint density at radius 1 is 1.25 bits per heavy atom. The summed E-state index contributed by atoms with van der Waals surface area (Å²) in [6, 6.07) is 10.3. The molecule has 0 aromatic heterocycles. The Bertz CT molecular complexity index is 370. The monoisotopic (exact) mass is 280 g/mol. The molecular weight excluding hydrogens is 252 g/mol. The quantitative estimate of drug-likeness (QED) is 0.721. The van der Waals surface area contributed by atoms with Gasteiger partial charge in [-0.05, 0) is 25.8 Å². The fourth-order valence-corrected chi connectivity index (χ4v) is 2.26. The molecule has 0 bridgehead atoms. The highest BCUT2D eigenvalue weighted by Gasteiger charge is 2.27. The van der Waals surface area contributed by atoms with Crippen molar-refractivity contribution in [3.8, 4) is 0 Å². The van der Waals surface area contributed by atoms with Crippen LogP contribution in [-0.2, 0) is 10.3 Å². The molecule has 0 fully saturated rings. The zero-order valence-corrected chi connectivity index (χ0v) is 12.9. The number of rotatable bonds is 9. The number of aliphatic hydroxyl groups is 1. The van der Waals surface area contributed by atoms with Crippen molar-refractivity contribution >= 4 is 0 Å². The molecule has 3 N–H and O–H groups in total. The number of ether oxygens (including phenoxy) is 1. The molecular formula is C16H28N2O2. The number of hydrogen-bond donors (Lipinski definition) is 2. The predicted octanol–water partition coefficient (Wildman–Crippen LogP) is 1.58. The smallest absolute Gasteiger partial charge is 0.0656 e. The van der Waals surface area contributed by atoms with Crippen LogP contribution in [0.1, 0.15) is 25.8 Å². The first-order valence-electron chi connectivity index (χ1n) is 7.21. The van der Waals surface area contributed by atoms with Gasteiger partial charge in [0.15, 0.2) is 0 Å². The van der Waals surface area contributed by atoms with Gasteiger partial charge in [0.2, 0.25) is 0 Å². The fraction of sp³-hybridized carbons (Fsp3) is 0.625. The van der Waals surface area contributed by atoms with Crippen molar-refractivity contribution in [1.82, 2.24) is 4.90 Å². The molecule has 1 aromatic rings. The molecule has 0 saturated heterocycles. The Hall–Kier alpha value is -0.940. The van der Waals surface area contributed by atoms with E-state index >= 15 is 0 Å². The van der Waals surface area contributed by atoms with Crippen LogP contribution in [0.4, 0.5) is 0 Å². The van der Waals surface area contributed by atoms with E-state index in [0.29, 0.717) is 12.6 Å². The minimum Gasteiger partial charge on any atom is -0.394 e. The van der Waals surface area contributed by atoms with Crippen LogP contribution in [0.5, 0.6) is 0 Å². The Labute approximate surface area is 122 Å². The van der Waals surface area contributed by atoms with Gasteiger partial charge in [0.1, 0.15) is 0 Å². The zero-order chi connectivity index (χ0) is 15.0. The molecule has 4 nitrogen and oxygen atoms in total. The van der Waals surface area contributed by atoms with Gasteiger partial charge in [0.05, 0.1) is 18.8 Å². The maximum absolute atomic E-state index is 9.70. The fourth-order valence-electron chi connectivity index (χ4n) is 2.26. The van der Waals surface area contributed by atoms with Crippen molar-refractivity contribution in [2.75, 3.05) is 33.4 Å². The molecule has 0 aliphatic carbocycles. The van der Waals surface area contributed by atoms with E-state index in [0.717, 1.165) is 25.1 Å². The molecule has 1 aromatic carbocycles. The van der Waals surface area contributed by atoms with Gasteiger partial charge < -0.3 is 15.6 Å². The van der Waals surface area contributed by atoms with Crippen LogP contribution >= 0.6 is 0 Å². The molecule has 0 spiro atoms. The minimum absolute atomic E-state index is 0.0484. The summed E-state index contributed by atoms with van der Waals surface area (Å²) in [4.78, 5) is 2.32. The first-order valence-corrected chi connectivity index (χ1v) is 7.21. The van der Waals surface area contributed by atoms with Gasteiger partial charge in [-0.15, -0.1) is 0 Å². The highest BCUT2D eigenvalue weighted by atomic mass is 16.5. The number of nitrogens with two attached hydrogens (primary N) is 1. The van der Waals surface area contributed by atoms with Gasteiger partial charge in [-0.25, -0.2) is 0 Å². The lowest BCUT2D eigenvalue weighted by molar-refractivity contribution is 0.111. The third-order valence-corrected chi connectivity index (χ3v) is 3.79. The van der Waals surface area contributed by atoms with Crippen LogP contribution in [-0.4, -0.2) is 49.5 Å². The van der Waals surface area contributed by atoms with Gasteiger partial charge in [-0.2, -0.15) is 0 Å². The second kappa shape index (κ2) is 8.37. The molecule has 4 heteroatoms. The van der Waals surface area contributed by atoms with Crippen LogP contribution in [0.3, 0.4) is 0 Å². The summed E-state index contributed by atoms with van der Waals surface area (Å²) in [5, 5.41) is 9.70. The molecule has 0 aliphatic rings. The van der Waals surface area contributed by atoms with E-state index < -0.39 is 5.54 Å². The van der Waals surface area contributed by atoms with Gasteiger partial charge in [-0.1, -0.05) is 30.3 Å². The Balaban J connectivity index is 2.67. The topological polar surface area (TPSA) is 58.7 Å². The molecule has 0 heterocycles. The van der Waals surface area contributed by atoms with E-state index in [1.807, 2.05) is 30.3 Å². The molecule has 0 saturated carbocycles. The molecule has 1 unspecified atom stereocenters. The third kappa shape index (κ3) is 4.87. The van der Waals surface area contributed by atoms with E-state index in [2.05, 4.69) is 18.7 Å². The van der Waals surface area contributed by atoms with Crippen LogP contribution < -0.4 is 5.73 Å². The standard InChI is InChI=1S/C16H28N2O2/c1-14(2)18(11-12-20-3)10-9-16(17,13-19)15-7-5-4-6-8-15/h4-8,14,19H,9-13,17H2,1-3H3. The van der Waals surface area contributed by atoms with Gasteiger partial charge in [0, 0.05) is 26.2 Å². The van der Waals surface area contributed by atoms with E-state index in [9.17, 15) is 5.11 Å². The van der Waals surface area contributed by atoms with Crippen LogP contribution in [0.15, 0.2) is 30.3 Å². The highest BCUT2D eigenvalue weighted by Crippen LogP contribution is 2.22. The summed E-state index contributed by atoms with van der Waals surface area (Å²) in [5.74, 6) is 0. The number of methoxy groups -OCH3 is 1. The lowest BCUT2D eigenvalue weighted by Gasteiger charge is -2.33. The Morgan fingerprint density at radius 3 is 2.40 bits per heavy atom. The van der Waals surface area contributed by atoms with Crippen molar-refractivity contribution in [3.05, 3.63) is 35.9 Å². The lowest BCUT2D eigenvalue weighted by atomic mass is 9.88. The zero-order valence-electron chi connectivity index (χ0n) is 12.9. The summed E-state index contributed by atoms with van der Waals surface area (Å²) >= 11 is 0. The minimum atomic E-state index is -0.679. The summed E-state index contributed by atoms with van der Waals surface area (Å²) in [6.07, 6.45) is 0.718. The predicted molar refractivity (Wildman–Crippen MR) is 82.6 cm³/mol. The van der Waals surface area contributed by atoms with Crippen molar-refractivity contribution < 1.29 is 9.84 Å². The number of aliphatic hydroxyl groups excluding tert-OH is 1. The summed E-state index contributed by atoms with van der Waals surface area (Å²) < 4.78 is 5.14. The van der Waals surface area contributed by atoms with Crippen molar-refractivity contribution in [3.63, 3.8) is 0 Å². The second-order valence-corrected chi connectivity index (χ2v) is 5.55. The summed E-state index contributed by atoms with van der Waals surface area (Å²) in [5.41, 5.74) is 6.69. The maximum Gasteiger partial charge on any atom is 0.0656 e. The highest BCUT2D eigenvalue weighted by molar-refractivity contribution is 5.24. The van der Waals surface area contributed by atoms with Crippen LogP contribution in [0.25, 0.3) is 0 Å². The van der Waals surface area contributed by atoms with Gasteiger partial charge in [0.25, 0.3) is 0 Å². The molecule has 20 heavy (non-hydrogen) atoms. The van der Waals surface area contributed by atoms with Gasteiger partial charge >= 0.3 is 0 Å². The number of nitrogens with zero attached hydrogens (tertiary/aromatic N) is 1. The third-order valence-electron chi connectivity index (χ3n) is 3.79. The Kier molecular flexibility index (Phi) is 7.16. The van der Waals surface area contributed by atoms with E-state index in [1.54, 1.807) is 7.11 Å². The van der Waals surface area contributed by atoms with Crippen LogP contribution in [0, 0.1) is 0 Å². The van der Waals surface area contributed by atoms with E-state index in [-0.39, 0.29) is 6.61 Å². The molecule has 1 atom stereocenters. The van der Waals surface area contributed by atoms with E-state index in [1.165, 1.54) is 0 Å². The van der Waals surface area contributed by atoms with E-state index in [4.69, 9.17) is 10.5 Å². The molecule has 0 amide bonds. The molecule has 0 aliphatic heterocycles. The molecule has 0 radical (unpaired) electrons. The maximum atomic E-state index is 9.70. The first-order chi connectivity index (χ1) is 9.53. The average Bonchev–Trinajstić information content (AvgIpc) is 2.47. The number of benzene rings is 1. The summed E-state index contributed by atoms with van der Waals surface area (Å²) in [7, 11) is 1.71. The largest absolute Gasteiger partial charge is 0.394 e. The Morgan fingerprint density at radius 2 is 1.90 bits per heavy atom. The van der Waals surface area contributed by atoms with Gasteiger partial charge in [-0.3, -0.25) is 4.90 Å². The average molecular weight is 280 g/mol. The first kappa shape index (κ1) is 17.1. The second-order valence-electron chi connectivity index (χ2n) is 5.55. The molecule has 114 valence electrons.